The van der Waals surface area contributed by atoms with Crippen LogP contribution in [0.1, 0.15) is 47.5 Å². The molecule has 0 saturated heterocycles. The van der Waals surface area contributed by atoms with Gasteiger partial charge >= 0.3 is 0 Å². The average molecular weight is 289 g/mol. The quantitative estimate of drug-likeness (QED) is 0.433. The van der Waals surface area contributed by atoms with E-state index in [1.54, 1.807) is 11.9 Å². The van der Waals surface area contributed by atoms with Gasteiger partial charge in [-0.15, -0.1) is 0 Å². The Balaban J connectivity index is 0. The van der Waals surface area contributed by atoms with Crippen molar-refractivity contribution < 1.29 is 14.3 Å². The summed E-state index contributed by atoms with van der Waals surface area (Å²) in [4.78, 5) is 11.8. The summed E-state index contributed by atoms with van der Waals surface area (Å²) in [5, 5.41) is 0. The minimum Gasteiger partial charge on any atom is -0.379 e. The van der Waals surface area contributed by atoms with Crippen molar-refractivity contribution >= 4 is 6.41 Å². The molecule has 0 aromatic heterocycles. The predicted molar refractivity (Wildman–Crippen MR) is 84.9 cm³/mol. The number of hydrogen-bond donors (Lipinski definition) is 0. The van der Waals surface area contributed by atoms with Gasteiger partial charge in [0.15, 0.2) is 0 Å². The summed E-state index contributed by atoms with van der Waals surface area (Å²) in [6, 6.07) is 0. The zero-order chi connectivity index (χ0) is 15.8. The first-order valence-corrected chi connectivity index (χ1v) is 7.71. The van der Waals surface area contributed by atoms with E-state index in [4.69, 9.17) is 9.47 Å². The lowest BCUT2D eigenvalue weighted by atomic mass is 10.1. The first-order chi connectivity index (χ1) is 9.40. The molecule has 0 aliphatic carbocycles. The summed E-state index contributed by atoms with van der Waals surface area (Å²) in [7, 11) is 1.73. The maximum Gasteiger partial charge on any atom is 0.209 e. The molecule has 0 aromatic carbocycles. The average Bonchev–Trinajstić information content (AvgIpc) is 2.35. The number of hydrogen-bond acceptors (Lipinski definition) is 3. The van der Waals surface area contributed by atoms with Crippen molar-refractivity contribution in [2.24, 2.45) is 11.8 Å². The van der Waals surface area contributed by atoms with Gasteiger partial charge in [0.05, 0.1) is 19.8 Å². The van der Waals surface area contributed by atoms with Gasteiger partial charge in [-0.1, -0.05) is 34.6 Å². The second kappa shape index (κ2) is 16.4. The first-order valence-electron chi connectivity index (χ1n) is 7.71. The number of carbonyl (C=O) groups excluding carboxylic acids is 1. The van der Waals surface area contributed by atoms with E-state index in [0.717, 1.165) is 31.3 Å². The fourth-order valence-electron chi connectivity index (χ4n) is 1.18. The molecule has 4 nitrogen and oxygen atoms in total. The smallest absolute Gasteiger partial charge is 0.209 e. The third-order valence-electron chi connectivity index (χ3n) is 2.21. The van der Waals surface area contributed by atoms with E-state index >= 15 is 0 Å². The summed E-state index contributed by atoms with van der Waals surface area (Å²) in [5.41, 5.74) is 0. The van der Waals surface area contributed by atoms with E-state index in [-0.39, 0.29) is 0 Å². The van der Waals surface area contributed by atoms with Crippen molar-refractivity contribution in [2.75, 3.05) is 40.0 Å². The maximum atomic E-state index is 10.2. The van der Waals surface area contributed by atoms with Gasteiger partial charge in [0.2, 0.25) is 6.41 Å². The van der Waals surface area contributed by atoms with Crippen LogP contribution in [0.4, 0.5) is 0 Å². The zero-order valence-corrected chi connectivity index (χ0v) is 14.4. The molecule has 0 aliphatic rings. The molecule has 0 fully saturated rings. The van der Waals surface area contributed by atoms with Crippen LogP contribution in [-0.4, -0.2) is 51.3 Å². The number of rotatable bonds is 11. The molecule has 20 heavy (non-hydrogen) atoms. The topological polar surface area (TPSA) is 38.8 Å². The Kier molecular flexibility index (Phi) is 17.8. The lowest BCUT2D eigenvalue weighted by Gasteiger charge is -2.10. The van der Waals surface area contributed by atoms with Crippen LogP contribution in [0.15, 0.2) is 0 Å². The van der Waals surface area contributed by atoms with Crippen LogP contribution in [0.25, 0.3) is 0 Å². The lowest BCUT2D eigenvalue weighted by Crippen LogP contribution is -2.22. The second-order valence-electron chi connectivity index (χ2n) is 6.08. The standard InChI is InChI=1S/C12H25NO3.C4H10/c1-12(2)5-4-7-15-9-10-16-8-6-13(3)11-14;1-4(2)3/h11-12H,4-10H2,1-3H3;4H,1-3H3. The van der Waals surface area contributed by atoms with Crippen LogP contribution in [0.2, 0.25) is 0 Å². The van der Waals surface area contributed by atoms with Crippen molar-refractivity contribution in [1.29, 1.82) is 0 Å². The van der Waals surface area contributed by atoms with Crippen LogP contribution >= 0.6 is 0 Å². The summed E-state index contributed by atoms with van der Waals surface area (Å²) in [6.45, 7) is 14.2. The van der Waals surface area contributed by atoms with E-state index in [1.165, 1.54) is 6.42 Å². The van der Waals surface area contributed by atoms with Gasteiger partial charge in [-0.25, -0.2) is 0 Å². The van der Waals surface area contributed by atoms with Crippen molar-refractivity contribution in [3.05, 3.63) is 0 Å². The normalized spacial score (nSPS) is 10.4. The van der Waals surface area contributed by atoms with Crippen LogP contribution in [0, 0.1) is 11.8 Å². The molecule has 1 amide bonds. The molecule has 0 aromatic rings. The molecule has 122 valence electrons. The minimum absolute atomic E-state index is 0.574. The molecular weight excluding hydrogens is 254 g/mol. The molecule has 0 aliphatic heterocycles. The highest BCUT2D eigenvalue weighted by Gasteiger charge is 1.95. The van der Waals surface area contributed by atoms with Gasteiger partial charge in [-0.3, -0.25) is 4.79 Å². The highest BCUT2D eigenvalue weighted by atomic mass is 16.5. The van der Waals surface area contributed by atoms with Gasteiger partial charge in [-0.2, -0.15) is 0 Å². The van der Waals surface area contributed by atoms with Gasteiger partial charge in [-0.05, 0) is 24.7 Å². The largest absolute Gasteiger partial charge is 0.379 e. The monoisotopic (exact) mass is 289 g/mol. The van der Waals surface area contributed by atoms with E-state index in [2.05, 4.69) is 34.6 Å². The summed E-state index contributed by atoms with van der Waals surface area (Å²) in [5.74, 6) is 1.58. The van der Waals surface area contributed by atoms with Crippen LogP contribution in [0.5, 0.6) is 0 Å². The van der Waals surface area contributed by atoms with E-state index in [9.17, 15) is 4.79 Å². The third kappa shape index (κ3) is 26.1. The lowest BCUT2D eigenvalue weighted by molar-refractivity contribution is -0.117. The van der Waals surface area contributed by atoms with Crippen molar-refractivity contribution in [2.45, 2.75) is 47.5 Å². The molecule has 0 radical (unpaired) electrons. The summed E-state index contributed by atoms with van der Waals surface area (Å²) < 4.78 is 10.7. The van der Waals surface area contributed by atoms with Gasteiger partial charge < -0.3 is 14.4 Å². The molecule has 0 spiro atoms. The van der Waals surface area contributed by atoms with Crippen molar-refractivity contribution in [3.63, 3.8) is 0 Å². The Morgan fingerprint density at radius 3 is 1.90 bits per heavy atom. The SMILES string of the molecule is CC(C)C.CC(C)CCCOCCOCCN(C)C=O. The molecule has 0 bridgehead atoms. The number of nitrogens with zero attached hydrogens (tertiary/aromatic N) is 1. The van der Waals surface area contributed by atoms with E-state index in [1.807, 2.05) is 0 Å². The number of amides is 1. The van der Waals surface area contributed by atoms with Gasteiger partial charge in [0.25, 0.3) is 0 Å². The molecule has 0 atom stereocenters. The van der Waals surface area contributed by atoms with Crippen LogP contribution < -0.4 is 0 Å². The van der Waals surface area contributed by atoms with Gasteiger partial charge in [0, 0.05) is 20.2 Å². The number of carbonyl (C=O) groups is 1. The Morgan fingerprint density at radius 2 is 1.45 bits per heavy atom. The molecule has 0 unspecified atom stereocenters. The highest BCUT2D eigenvalue weighted by molar-refractivity contribution is 5.46. The van der Waals surface area contributed by atoms with Crippen molar-refractivity contribution in [1.82, 2.24) is 4.90 Å². The van der Waals surface area contributed by atoms with Gasteiger partial charge in [0.1, 0.15) is 0 Å². The molecule has 4 heteroatoms. The second-order valence-corrected chi connectivity index (χ2v) is 6.08. The van der Waals surface area contributed by atoms with E-state index < -0.39 is 0 Å². The molecule has 0 heterocycles. The summed E-state index contributed by atoms with van der Waals surface area (Å²) in [6.07, 6.45) is 3.13. The Bertz CT molecular complexity index is 193. The van der Waals surface area contributed by atoms with Crippen molar-refractivity contribution in [3.8, 4) is 0 Å². The highest BCUT2D eigenvalue weighted by Crippen LogP contribution is 2.02. The van der Waals surface area contributed by atoms with Crippen LogP contribution in [0.3, 0.4) is 0 Å². The minimum atomic E-state index is 0.574. The van der Waals surface area contributed by atoms with E-state index in [0.29, 0.717) is 26.4 Å². The molecule has 0 saturated carbocycles. The third-order valence-corrected chi connectivity index (χ3v) is 2.21. The van der Waals surface area contributed by atoms with Crippen LogP contribution in [-0.2, 0) is 14.3 Å². The Hall–Kier alpha value is -0.610. The molecule has 0 N–H and O–H groups in total. The summed E-state index contributed by atoms with van der Waals surface area (Å²) >= 11 is 0. The zero-order valence-electron chi connectivity index (χ0n) is 14.4. The Labute approximate surface area is 125 Å². The molecular formula is C16H35NO3. The fraction of sp³-hybridized carbons (Fsp3) is 0.938. The fourth-order valence-corrected chi connectivity index (χ4v) is 1.18. The predicted octanol–water partition coefficient (Wildman–Crippen LogP) is 3.21. The Morgan fingerprint density at radius 1 is 0.950 bits per heavy atom. The first kappa shape index (κ1) is 21.7. The number of likely N-dealkylation sites (N-methyl/N-ethyl adjacent to an activating group) is 1. The maximum absolute atomic E-state index is 10.2. The number of ether oxygens (including phenoxy) is 2. The molecule has 0 rings (SSSR count).